The Labute approximate surface area is 131 Å². The van der Waals surface area contributed by atoms with Crippen molar-refractivity contribution in [1.82, 2.24) is 15.1 Å². The number of hydrogen-bond donors (Lipinski definition) is 1. The molecule has 2 atom stereocenters. The zero-order valence-corrected chi connectivity index (χ0v) is 14.3. The second kappa shape index (κ2) is 9.09. The average molecular weight is 297 g/mol. The van der Waals surface area contributed by atoms with E-state index < -0.39 is 0 Å². The zero-order chi connectivity index (χ0) is 15.1. The Morgan fingerprint density at radius 2 is 1.90 bits per heavy atom. The molecule has 0 aromatic heterocycles. The minimum absolute atomic E-state index is 0.722. The number of likely N-dealkylation sites (tertiary alicyclic amines) is 1. The number of hydrogen-bond acceptors (Lipinski definition) is 4. The zero-order valence-electron chi connectivity index (χ0n) is 14.3. The molecule has 2 unspecified atom stereocenters. The number of ether oxygens (including phenoxy) is 1. The van der Waals surface area contributed by atoms with Crippen LogP contribution >= 0.6 is 0 Å². The molecule has 0 spiro atoms. The number of nitrogens with one attached hydrogen (secondary N) is 1. The first-order valence-corrected chi connectivity index (χ1v) is 8.97. The van der Waals surface area contributed by atoms with Gasteiger partial charge >= 0.3 is 0 Å². The number of rotatable bonds is 8. The van der Waals surface area contributed by atoms with Crippen LogP contribution in [0.5, 0.6) is 0 Å². The molecule has 124 valence electrons. The molecule has 0 amide bonds. The second-order valence-corrected chi connectivity index (χ2v) is 7.08. The van der Waals surface area contributed by atoms with E-state index in [0.29, 0.717) is 0 Å². The number of nitrogens with zero attached hydrogens (tertiary/aromatic N) is 2. The third kappa shape index (κ3) is 5.51. The van der Waals surface area contributed by atoms with Gasteiger partial charge in [0.15, 0.2) is 0 Å². The highest BCUT2D eigenvalue weighted by Crippen LogP contribution is 2.20. The van der Waals surface area contributed by atoms with E-state index in [2.05, 4.69) is 35.9 Å². The standard InChI is InChI=1S/C17H35N3O/c1-4-5-16(13-18-12-15(2)3)20-7-6-17(14-20)19-8-10-21-11-9-19/h15-18H,4-14H2,1-3H3. The predicted molar refractivity (Wildman–Crippen MR) is 88.8 cm³/mol. The van der Waals surface area contributed by atoms with Gasteiger partial charge in [-0.25, -0.2) is 0 Å². The topological polar surface area (TPSA) is 27.7 Å². The second-order valence-electron chi connectivity index (χ2n) is 7.08. The molecule has 21 heavy (non-hydrogen) atoms. The van der Waals surface area contributed by atoms with E-state index in [9.17, 15) is 0 Å². The van der Waals surface area contributed by atoms with Crippen molar-refractivity contribution in [2.45, 2.75) is 52.1 Å². The molecule has 0 bridgehead atoms. The van der Waals surface area contributed by atoms with E-state index in [1.165, 1.54) is 32.4 Å². The molecule has 2 aliphatic heterocycles. The lowest BCUT2D eigenvalue weighted by atomic mass is 10.1. The Morgan fingerprint density at radius 3 is 2.57 bits per heavy atom. The van der Waals surface area contributed by atoms with Crippen LogP contribution in [0.2, 0.25) is 0 Å². The Kier molecular flexibility index (Phi) is 7.44. The SMILES string of the molecule is CCCC(CNCC(C)C)N1CCC(N2CCOCC2)C1. The molecule has 2 rings (SSSR count). The van der Waals surface area contributed by atoms with E-state index in [1.807, 2.05) is 0 Å². The Hall–Kier alpha value is -0.160. The van der Waals surface area contributed by atoms with Gasteiger partial charge in [0.1, 0.15) is 0 Å². The van der Waals surface area contributed by atoms with E-state index >= 15 is 0 Å². The summed E-state index contributed by atoms with van der Waals surface area (Å²) < 4.78 is 5.48. The molecule has 4 nitrogen and oxygen atoms in total. The van der Waals surface area contributed by atoms with Gasteiger partial charge in [-0.15, -0.1) is 0 Å². The molecule has 2 aliphatic rings. The van der Waals surface area contributed by atoms with Crippen LogP contribution in [0.1, 0.15) is 40.0 Å². The van der Waals surface area contributed by atoms with Gasteiger partial charge in [0.2, 0.25) is 0 Å². The first kappa shape index (κ1) is 17.2. The summed E-state index contributed by atoms with van der Waals surface area (Å²) in [5.74, 6) is 0.743. The summed E-state index contributed by atoms with van der Waals surface area (Å²) in [6, 6.07) is 1.48. The van der Waals surface area contributed by atoms with Gasteiger partial charge in [-0.3, -0.25) is 9.80 Å². The van der Waals surface area contributed by atoms with Crippen molar-refractivity contribution in [3.63, 3.8) is 0 Å². The largest absolute Gasteiger partial charge is 0.379 e. The fourth-order valence-corrected chi connectivity index (χ4v) is 3.63. The molecule has 4 heteroatoms. The Balaban J connectivity index is 1.77. The fraction of sp³-hybridized carbons (Fsp3) is 1.00. The summed E-state index contributed by atoms with van der Waals surface area (Å²) in [5.41, 5.74) is 0. The summed E-state index contributed by atoms with van der Waals surface area (Å²) in [4.78, 5) is 5.38. The lowest BCUT2D eigenvalue weighted by Crippen LogP contribution is -2.47. The van der Waals surface area contributed by atoms with Gasteiger partial charge in [0, 0.05) is 44.8 Å². The van der Waals surface area contributed by atoms with E-state index in [-0.39, 0.29) is 0 Å². The van der Waals surface area contributed by atoms with Gasteiger partial charge in [-0.2, -0.15) is 0 Å². The lowest BCUT2D eigenvalue weighted by Gasteiger charge is -2.33. The van der Waals surface area contributed by atoms with Crippen LogP contribution in [-0.4, -0.2) is 74.4 Å². The molecule has 0 aromatic rings. The van der Waals surface area contributed by atoms with Crippen LogP contribution in [-0.2, 0) is 4.74 Å². The maximum absolute atomic E-state index is 5.48. The molecule has 2 heterocycles. The minimum atomic E-state index is 0.722. The highest BCUT2D eigenvalue weighted by molar-refractivity contribution is 4.88. The third-order valence-electron chi connectivity index (χ3n) is 4.83. The monoisotopic (exact) mass is 297 g/mol. The average Bonchev–Trinajstić information content (AvgIpc) is 2.97. The maximum Gasteiger partial charge on any atom is 0.0594 e. The summed E-state index contributed by atoms with van der Waals surface area (Å²) in [6.07, 6.45) is 3.94. The Bertz CT molecular complexity index is 279. The van der Waals surface area contributed by atoms with Gasteiger partial charge in [-0.1, -0.05) is 27.2 Å². The van der Waals surface area contributed by atoms with Crippen molar-refractivity contribution in [1.29, 1.82) is 0 Å². The third-order valence-corrected chi connectivity index (χ3v) is 4.83. The first-order valence-electron chi connectivity index (χ1n) is 8.97. The quantitative estimate of drug-likeness (QED) is 0.739. The molecule has 2 saturated heterocycles. The van der Waals surface area contributed by atoms with Crippen molar-refractivity contribution in [3.8, 4) is 0 Å². The molecule has 0 aromatic carbocycles. The predicted octanol–water partition coefficient (Wildman–Crippen LogP) is 1.81. The van der Waals surface area contributed by atoms with E-state index in [1.54, 1.807) is 0 Å². The van der Waals surface area contributed by atoms with Crippen LogP contribution in [0, 0.1) is 5.92 Å². The fourth-order valence-electron chi connectivity index (χ4n) is 3.63. The van der Waals surface area contributed by atoms with Gasteiger partial charge in [0.25, 0.3) is 0 Å². The van der Waals surface area contributed by atoms with Crippen molar-refractivity contribution >= 4 is 0 Å². The molecule has 0 radical (unpaired) electrons. The van der Waals surface area contributed by atoms with Crippen molar-refractivity contribution in [2.24, 2.45) is 5.92 Å². The summed E-state index contributed by atoms with van der Waals surface area (Å²) in [6.45, 7) is 15.8. The summed E-state index contributed by atoms with van der Waals surface area (Å²) in [5, 5.41) is 3.67. The van der Waals surface area contributed by atoms with Crippen LogP contribution < -0.4 is 5.32 Å². The van der Waals surface area contributed by atoms with Gasteiger partial charge in [-0.05, 0) is 25.3 Å². The van der Waals surface area contributed by atoms with Gasteiger partial charge < -0.3 is 10.1 Å². The highest BCUT2D eigenvalue weighted by atomic mass is 16.5. The van der Waals surface area contributed by atoms with Crippen LogP contribution in [0.15, 0.2) is 0 Å². The Morgan fingerprint density at radius 1 is 1.14 bits per heavy atom. The van der Waals surface area contributed by atoms with Crippen LogP contribution in [0.25, 0.3) is 0 Å². The minimum Gasteiger partial charge on any atom is -0.379 e. The molecular weight excluding hydrogens is 262 g/mol. The summed E-state index contributed by atoms with van der Waals surface area (Å²) >= 11 is 0. The van der Waals surface area contributed by atoms with Gasteiger partial charge in [0.05, 0.1) is 13.2 Å². The van der Waals surface area contributed by atoms with Crippen molar-refractivity contribution < 1.29 is 4.74 Å². The molecule has 0 saturated carbocycles. The number of morpholine rings is 1. The molecular formula is C17H35N3O. The smallest absolute Gasteiger partial charge is 0.0594 e. The molecule has 1 N–H and O–H groups in total. The maximum atomic E-state index is 5.48. The van der Waals surface area contributed by atoms with E-state index in [4.69, 9.17) is 4.74 Å². The normalized spacial score (nSPS) is 26.6. The lowest BCUT2D eigenvalue weighted by molar-refractivity contribution is 0.0175. The summed E-state index contributed by atoms with van der Waals surface area (Å²) in [7, 11) is 0. The molecule has 0 aliphatic carbocycles. The highest BCUT2D eigenvalue weighted by Gasteiger charge is 2.31. The van der Waals surface area contributed by atoms with Crippen LogP contribution in [0.4, 0.5) is 0 Å². The first-order chi connectivity index (χ1) is 10.2. The van der Waals surface area contributed by atoms with Crippen molar-refractivity contribution in [3.05, 3.63) is 0 Å². The van der Waals surface area contributed by atoms with E-state index in [0.717, 1.165) is 57.4 Å². The van der Waals surface area contributed by atoms with Crippen molar-refractivity contribution in [2.75, 3.05) is 52.5 Å². The van der Waals surface area contributed by atoms with Crippen LogP contribution in [0.3, 0.4) is 0 Å². The molecule has 2 fully saturated rings.